The third-order valence-electron chi connectivity index (χ3n) is 6.43. The number of likely N-dealkylation sites (tertiary alicyclic amines) is 1. The number of amides is 1. The van der Waals surface area contributed by atoms with Crippen molar-refractivity contribution in [1.29, 1.82) is 0 Å². The zero-order valence-electron chi connectivity index (χ0n) is 18.2. The third kappa shape index (κ3) is 4.83. The Morgan fingerprint density at radius 2 is 2.03 bits per heavy atom. The molecule has 1 fully saturated rings. The molecular formula is C24H27F2N3O4. The molecule has 176 valence electrons. The number of rotatable bonds is 9. The van der Waals surface area contributed by atoms with E-state index in [-0.39, 0.29) is 23.9 Å². The molecule has 33 heavy (non-hydrogen) atoms. The maximum Gasteiger partial charge on any atom is 0.308 e. The first kappa shape index (κ1) is 23.1. The molecule has 2 aliphatic heterocycles. The number of carbonyl (C=O) groups is 2. The Labute approximate surface area is 190 Å². The standard InChI is InChI=1S/C24H27F2N3O4/c25-19-10-8-17(12-20(19)26)24(33,13-21(30)31)29-14-16(23(29)32)4-1-2-6-18-9-7-15-5-3-11-27-22(15)28-18/h7-10,12,16,33H,1-6,11,13-14H2,(H,27,28)(H,30,31)/t16?,24-/m0/s1. The number of hydrogen-bond donors (Lipinski definition) is 3. The number of benzene rings is 1. The molecule has 0 radical (unpaired) electrons. The monoisotopic (exact) mass is 459 g/mol. The van der Waals surface area contributed by atoms with E-state index in [9.17, 15) is 28.6 Å². The van der Waals surface area contributed by atoms with E-state index in [1.807, 2.05) is 6.07 Å². The van der Waals surface area contributed by atoms with E-state index in [1.165, 1.54) is 5.56 Å². The highest BCUT2D eigenvalue weighted by molar-refractivity contribution is 5.86. The van der Waals surface area contributed by atoms with E-state index < -0.39 is 29.7 Å². The van der Waals surface area contributed by atoms with Gasteiger partial charge in [0.2, 0.25) is 5.91 Å². The van der Waals surface area contributed by atoms with Gasteiger partial charge in [0.15, 0.2) is 17.4 Å². The largest absolute Gasteiger partial charge is 0.481 e. The molecule has 9 heteroatoms. The van der Waals surface area contributed by atoms with E-state index in [2.05, 4.69) is 16.4 Å². The maximum atomic E-state index is 13.7. The number of carboxylic acids is 1. The van der Waals surface area contributed by atoms with Gasteiger partial charge in [0.25, 0.3) is 0 Å². The SMILES string of the molecule is O=C(O)C[C@](O)(c1ccc(F)c(F)c1)N1CC(CCCCc2ccc3c(n2)NCCC3)C1=O. The van der Waals surface area contributed by atoms with Crippen LogP contribution in [0.5, 0.6) is 0 Å². The average Bonchev–Trinajstić information content (AvgIpc) is 2.78. The summed E-state index contributed by atoms with van der Waals surface area (Å²) in [5.41, 5.74) is -0.157. The summed E-state index contributed by atoms with van der Waals surface area (Å²) in [6, 6.07) is 6.79. The van der Waals surface area contributed by atoms with Crippen LogP contribution in [0.25, 0.3) is 0 Å². The summed E-state index contributed by atoms with van der Waals surface area (Å²) in [4.78, 5) is 29.8. The summed E-state index contributed by atoms with van der Waals surface area (Å²) in [7, 11) is 0. The maximum absolute atomic E-state index is 13.7. The number of unbranched alkanes of at least 4 members (excludes halogenated alkanes) is 1. The number of carbonyl (C=O) groups excluding carboxylic acids is 1. The second-order valence-electron chi connectivity index (χ2n) is 8.75. The molecule has 2 atom stereocenters. The average molecular weight is 459 g/mol. The van der Waals surface area contributed by atoms with Crippen molar-refractivity contribution in [2.24, 2.45) is 5.92 Å². The van der Waals surface area contributed by atoms with Gasteiger partial charge in [-0.1, -0.05) is 18.6 Å². The van der Waals surface area contributed by atoms with Crippen LogP contribution in [0.1, 0.15) is 48.9 Å². The number of nitrogens with zero attached hydrogens (tertiary/aromatic N) is 2. The number of aromatic nitrogens is 1. The zero-order valence-corrected chi connectivity index (χ0v) is 18.2. The molecule has 0 spiro atoms. The lowest BCUT2D eigenvalue weighted by Crippen LogP contribution is -2.62. The Kier molecular flexibility index (Phi) is 6.60. The summed E-state index contributed by atoms with van der Waals surface area (Å²) >= 11 is 0. The van der Waals surface area contributed by atoms with Crippen LogP contribution in [0.3, 0.4) is 0 Å². The lowest BCUT2D eigenvalue weighted by atomic mass is 9.86. The van der Waals surface area contributed by atoms with Crippen LogP contribution in [0.15, 0.2) is 30.3 Å². The number of halogens is 2. The molecule has 2 aromatic rings. The minimum absolute atomic E-state index is 0.155. The molecule has 0 bridgehead atoms. The topological polar surface area (TPSA) is 103 Å². The second kappa shape index (κ2) is 9.43. The van der Waals surface area contributed by atoms with Gasteiger partial charge in [0.1, 0.15) is 5.82 Å². The highest BCUT2D eigenvalue weighted by Gasteiger charge is 2.50. The number of aryl methyl sites for hydroxylation is 2. The van der Waals surface area contributed by atoms with E-state index in [1.54, 1.807) is 0 Å². The molecule has 1 amide bonds. The van der Waals surface area contributed by atoms with E-state index in [0.29, 0.717) is 6.42 Å². The van der Waals surface area contributed by atoms with Crippen LogP contribution >= 0.6 is 0 Å². The van der Waals surface area contributed by atoms with Crippen molar-refractivity contribution in [2.75, 3.05) is 18.4 Å². The van der Waals surface area contributed by atoms with Crippen molar-refractivity contribution in [2.45, 2.75) is 50.7 Å². The predicted octanol–water partition coefficient (Wildman–Crippen LogP) is 3.21. The van der Waals surface area contributed by atoms with Crippen molar-refractivity contribution in [3.63, 3.8) is 0 Å². The smallest absolute Gasteiger partial charge is 0.308 e. The van der Waals surface area contributed by atoms with Crippen LogP contribution in [0.2, 0.25) is 0 Å². The molecule has 0 saturated carbocycles. The summed E-state index contributed by atoms with van der Waals surface area (Å²) in [5, 5.41) is 23.6. The minimum Gasteiger partial charge on any atom is -0.481 e. The van der Waals surface area contributed by atoms with E-state index >= 15 is 0 Å². The van der Waals surface area contributed by atoms with Crippen LogP contribution in [0, 0.1) is 17.6 Å². The van der Waals surface area contributed by atoms with Gasteiger partial charge in [-0.15, -0.1) is 0 Å². The minimum atomic E-state index is -2.23. The quantitative estimate of drug-likeness (QED) is 0.393. The number of nitrogens with one attached hydrogen (secondary N) is 1. The van der Waals surface area contributed by atoms with Gasteiger partial charge in [-0.2, -0.15) is 0 Å². The van der Waals surface area contributed by atoms with Gasteiger partial charge in [0.05, 0.1) is 12.3 Å². The van der Waals surface area contributed by atoms with Crippen molar-refractivity contribution in [3.8, 4) is 0 Å². The Morgan fingerprint density at radius 3 is 2.76 bits per heavy atom. The summed E-state index contributed by atoms with van der Waals surface area (Å²) in [5.74, 6) is -3.46. The van der Waals surface area contributed by atoms with Gasteiger partial charge >= 0.3 is 5.97 Å². The third-order valence-corrected chi connectivity index (χ3v) is 6.43. The van der Waals surface area contributed by atoms with Gasteiger partial charge in [-0.05, 0) is 55.9 Å². The molecule has 0 aliphatic carbocycles. The van der Waals surface area contributed by atoms with Crippen molar-refractivity contribution < 1.29 is 28.6 Å². The molecule has 3 N–H and O–H groups in total. The normalized spacial score (nSPS) is 19.3. The molecule has 2 aliphatic rings. The van der Waals surface area contributed by atoms with Crippen LogP contribution in [-0.4, -0.2) is 45.1 Å². The lowest BCUT2D eigenvalue weighted by Gasteiger charge is -2.48. The number of carboxylic acid groups (broad SMARTS) is 1. The Morgan fingerprint density at radius 1 is 1.21 bits per heavy atom. The first-order valence-electron chi connectivity index (χ1n) is 11.2. The Bertz CT molecular complexity index is 1060. The summed E-state index contributed by atoms with van der Waals surface area (Å²) in [6.07, 6.45) is 4.33. The number of anilines is 1. The van der Waals surface area contributed by atoms with Crippen LogP contribution in [0.4, 0.5) is 14.6 Å². The number of fused-ring (bicyclic) bond motifs is 1. The van der Waals surface area contributed by atoms with Crippen LogP contribution in [-0.2, 0) is 28.2 Å². The van der Waals surface area contributed by atoms with Crippen molar-refractivity contribution in [3.05, 3.63) is 58.8 Å². The molecule has 1 saturated heterocycles. The first-order valence-corrected chi connectivity index (χ1v) is 11.2. The molecule has 7 nitrogen and oxygen atoms in total. The molecule has 1 unspecified atom stereocenters. The van der Waals surface area contributed by atoms with E-state index in [0.717, 1.165) is 73.3 Å². The van der Waals surface area contributed by atoms with Gasteiger partial charge in [-0.3, -0.25) is 9.59 Å². The highest BCUT2D eigenvalue weighted by Crippen LogP contribution is 2.38. The Balaban J connectivity index is 1.32. The van der Waals surface area contributed by atoms with Crippen LogP contribution < -0.4 is 5.32 Å². The molecule has 3 heterocycles. The first-order chi connectivity index (χ1) is 15.8. The fourth-order valence-corrected chi connectivity index (χ4v) is 4.56. The number of aliphatic hydroxyl groups is 1. The molecule has 1 aromatic heterocycles. The van der Waals surface area contributed by atoms with Gasteiger partial charge in [-0.25, -0.2) is 13.8 Å². The fourth-order valence-electron chi connectivity index (χ4n) is 4.56. The lowest BCUT2D eigenvalue weighted by molar-refractivity contribution is -0.196. The number of β-lactam (4-membered cyclic amide) rings is 1. The zero-order chi connectivity index (χ0) is 23.6. The van der Waals surface area contributed by atoms with Crippen molar-refractivity contribution >= 4 is 17.7 Å². The number of aliphatic carboxylic acids is 1. The predicted molar refractivity (Wildman–Crippen MR) is 116 cm³/mol. The number of pyridine rings is 1. The highest BCUT2D eigenvalue weighted by atomic mass is 19.2. The fraction of sp³-hybridized carbons (Fsp3) is 0.458. The molecule has 1 aromatic carbocycles. The van der Waals surface area contributed by atoms with E-state index in [4.69, 9.17) is 0 Å². The van der Waals surface area contributed by atoms with Crippen molar-refractivity contribution in [1.82, 2.24) is 9.88 Å². The molecular weight excluding hydrogens is 432 g/mol. The summed E-state index contributed by atoms with van der Waals surface area (Å²) in [6.45, 7) is 1.09. The summed E-state index contributed by atoms with van der Waals surface area (Å²) < 4.78 is 27.0. The van der Waals surface area contributed by atoms with Gasteiger partial charge in [0, 0.05) is 24.3 Å². The second-order valence-corrected chi connectivity index (χ2v) is 8.75. The van der Waals surface area contributed by atoms with Gasteiger partial charge < -0.3 is 20.4 Å². The Hall–Kier alpha value is -3.07. The molecule has 4 rings (SSSR count). The number of hydrogen-bond acceptors (Lipinski definition) is 5.